The van der Waals surface area contributed by atoms with Crippen LogP contribution in [0.5, 0.6) is 0 Å². The van der Waals surface area contributed by atoms with E-state index in [0.717, 1.165) is 31.4 Å². The molecule has 0 saturated heterocycles. The molecule has 0 bridgehead atoms. The van der Waals surface area contributed by atoms with E-state index in [2.05, 4.69) is 31.1 Å². The molecule has 0 saturated carbocycles. The fourth-order valence-corrected chi connectivity index (χ4v) is 2.06. The summed E-state index contributed by atoms with van der Waals surface area (Å²) < 4.78 is 2.00. The fraction of sp³-hybridized carbons (Fsp3) is 0.727. The number of rotatable bonds is 6. The smallest absolute Gasteiger partial charge is 0.143 e. The van der Waals surface area contributed by atoms with Crippen LogP contribution in [-0.2, 0) is 6.42 Å². The summed E-state index contributed by atoms with van der Waals surface area (Å²) in [5.41, 5.74) is 7.44. The van der Waals surface area contributed by atoms with Crippen LogP contribution in [-0.4, -0.2) is 20.0 Å². The van der Waals surface area contributed by atoms with Gasteiger partial charge in [0.05, 0.1) is 11.7 Å². The van der Waals surface area contributed by atoms with E-state index in [1.54, 1.807) is 0 Å². The molecule has 4 nitrogen and oxygen atoms in total. The highest BCUT2D eigenvalue weighted by Gasteiger charge is 2.18. The first-order valence-electron chi connectivity index (χ1n) is 5.89. The molecule has 1 aromatic rings. The highest BCUT2D eigenvalue weighted by Crippen LogP contribution is 2.19. The molecule has 1 rings (SSSR count). The van der Waals surface area contributed by atoms with Gasteiger partial charge in [-0.3, -0.25) is 0 Å². The lowest BCUT2D eigenvalue weighted by Gasteiger charge is -2.15. The van der Waals surface area contributed by atoms with E-state index in [0.29, 0.717) is 16.7 Å². The lowest BCUT2D eigenvalue weighted by Crippen LogP contribution is -2.16. The number of nitrogens with zero attached hydrogens (tertiary/aromatic N) is 3. The Hall–Kier alpha value is -0.970. The average molecular weight is 240 g/mol. The first-order valence-corrected chi connectivity index (χ1v) is 6.30. The Labute approximate surface area is 102 Å². The maximum atomic E-state index is 5.66. The third-order valence-electron chi connectivity index (χ3n) is 2.80. The molecule has 16 heavy (non-hydrogen) atoms. The van der Waals surface area contributed by atoms with Crippen LogP contribution in [0.15, 0.2) is 0 Å². The van der Waals surface area contributed by atoms with Crippen molar-refractivity contribution in [3.8, 4) is 0 Å². The largest absolute Gasteiger partial charge is 0.388 e. The SMILES string of the molecule is CCCc1c(C(N)=S)nnn1C(CC)CC. The number of hydrogen-bond donors (Lipinski definition) is 1. The highest BCUT2D eigenvalue weighted by atomic mass is 32.1. The number of aromatic nitrogens is 3. The minimum Gasteiger partial charge on any atom is -0.388 e. The molecule has 0 fully saturated rings. The molecule has 1 heterocycles. The second-order valence-electron chi connectivity index (χ2n) is 3.91. The van der Waals surface area contributed by atoms with E-state index in [1.807, 2.05) is 4.68 Å². The second kappa shape index (κ2) is 5.94. The van der Waals surface area contributed by atoms with Crippen LogP contribution in [0.4, 0.5) is 0 Å². The highest BCUT2D eigenvalue weighted by molar-refractivity contribution is 7.80. The Balaban J connectivity index is 3.13. The number of thiocarbonyl (C=S) groups is 1. The van der Waals surface area contributed by atoms with Crippen molar-refractivity contribution in [1.82, 2.24) is 15.0 Å². The summed E-state index contributed by atoms with van der Waals surface area (Å²) in [6, 6.07) is 0.400. The van der Waals surface area contributed by atoms with Gasteiger partial charge in [-0.05, 0) is 19.3 Å². The van der Waals surface area contributed by atoms with Crippen LogP contribution in [0.3, 0.4) is 0 Å². The summed E-state index contributed by atoms with van der Waals surface area (Å²) in [4.78, 5) is 0.348. The lowest BCUT2D eigenvalue weighted by atomic mass is 10.1. The molecular weight excluding hydrogens is 220 g/mol. The Kier molecular flexibility index (Phi) is 4.86. The van der Waals surface area contributed by atoms with Crippen LogP contribution in [0.25, 0.3) is 0 Å². The number of hydrogen-bond acceptors (Lipinski definition) is 3. The first-order chi connectivity index (χ1) is 7.65. The predicted octanol–water partition coefficient (Wildman–Crippen LogP) is 2.23. The molecule has 0 aliphatic rings. The van der Waals surface area contributed by atoms with Gasteiger partial charge in [-0.15, -0.1) is 5.10 Å². The van der Waals surface area contributed by atoms with Crippen LogP contribution < -0.4 is 5.73 Å². The Morgan fingerprint density at radius 1 is 1.38 bits per heavy atom. The van der Waals surface area contributed by atoms with E-state index in [1.165, 1.54) is 0 Å². The first kappa shape index (κ1) is 13.1. The van der Waals surface area contributed by atoms with Gasteiger partial charge >= 0.3 is 0 Å². The molecule has 0 aromatic carbocycles. The van der Waals surface area contributed by atoms with Crippen molar-refractivity contribution in [2.45, 2.75) is 52.5 Å². The zero-order chi connectivity index (χ0) is 12.1. The summed E-state index contributed by atoms with van der Waals surface area (Å²) in [5, 5.41) is 8.30. The molecule has 0 spiro atoms. The van der Waals surface area contributed by atoms with E-state index in [9.17, 15) is 0 Å². The van der Waals surface area contributed by atoms with Gasteiger partial charge in [0.2, 0.25) is 0 Å². The molecule has 2 N–H and O–H groups in total. The Morgan fingerprint density at radius 2 is 2.00 bits per heavy atom. The molecule has 0 atom stereocenters. The summed E-state index contributed by atoms with van der Waals surface area (Å²) in [5.74, 6) is 0. The molecular formula is C11H20N4S. The van der Waals surface area contributed by atoms with Gasteiger partial charge in [0.1, 0.15) is 10.7 Å². The van der Waals surface area contributed by atoms with E-state index in [4.69, 9.17) is 18.0 Å². The summed E-state index contributed by atoms with van der Waals surface area (Å²) in [6.07, 6.45) is 4.07. The molecule has 1 aromatic heterocycles. The second-order valence-corrected chi connectivity index (χ2v) is 4.35. The Morgan fingerprint density at radius 3 is 2.44 bits per heavy atom. The molecule has 5 heteroatoms. The average Bonchev–Trinajstić information content (AvgIpc) is 2.65. The molecule has 0 aliphatic carbocycles. The van der Waals surface area contributed by atoms with Crippen molar-refractivity contribution in [3.05, 3.63) is 11.4 Å². The van der Waals surface area contributed by atoms with Crippen LogP contribution in [0.2, 0.25) is 0 Å². The van der Waals surface area contributed by atoms with Crippen LogP contribution >= 0.6 is 12.2 Å². The summed E-state index contributed by atoms with van der Waals surface area (Å²) in [7, 11) is 0. The molecule has 0 amide bonds. The zero-order valence-corrected chi connectivity index (χ0v) is 11.0. The monoisotopic (exact) mass is 240 g/mol. The van der Waals surface area contributed by atoms with Gasteiger partial charge in [0.25, 0.3) is 0 Å². The van der Waals surface area contributed by atoms with E-state index in [-0.39, 0.29) is 0 Å². The standard InChI is InChI=1S/C11H20N4S/c1-4-7-9-10(11(12)16)13-14-15(9)8(5-2)6-3/h8H,4-7H2,1-3H3,(H2,12,16). The normalized spacial score (nSPS) is 11.0. The van der Waals surface area contributed by atoms with Crippen LogP contribution in [0, 0.1) is 0 Å². The third kappa shape index (κ3) is 2.58. The maximum Gasteiger partial charge on any atom is 0.143 e. The van der Waals surface area contributed by atoms with Crippen molar-refractivity contribution in [2.75, 3.05) is 0 Å². The molecule has 0 aliphatic heterocycles. The summed E-state index contributed by atoms with van der Waals surface area (Å²) >= 11 is 5.00. The topological polar surface area (TPSA) is 56.7 Å². The maximum absolute atomic E-state index is 5.66. The lowest BCUT2D eigenvalue weighted by molar-refractivity contribution is 0.404. The van der Waals surface area contributed by atoms with E-state index < -0.39 is 0 Å². The van der Waals surface area contributed by atoms with Gasteiger partial charge in [-0.2, -0.15) is 0 Å². The fourth-order valence-electron chi connectivity index (χ4n) is 1.90. The Bertz CT molecular complexity index is 355. The van der Waals surface area contributed by atoms with Gasteiger partial charge < -0.3 is 5.73 Å². The van der Waals surface area contributed by atoms with Crippen molar-refractivity contribution < 1.29 is 0 Å². The van der Waals surface area contributed by atoms with Crippen molar-refractivity contribution in [1.29, 1.82) is 0 Å². The zero-order valence-electron chi connectivity index (χ0n) is 10.2. The number of nitrogens with two attached hydrogens (primary N) is 1. The molecule has 0 radical (unpaired) electrons. The minimum absolute atomic E-state index is 0.348. The molecule has 0 unspecified atom stereocenters. The van der Waals surface area contributed by atoms with Gasteiger partial charge in [0.15, 0.2) is 0 Å². The van der Waals surface area contributed by atoms with Gasteiger partial charge in [0, 0.05) is 0 Å². The van der Waals surface area contributed by atoms with E-state index >= 15 is 0 Å². The third-order valence-corrected chi connectivity index (χ3v) is 2.99. The van der Waals surface area contributed by atoms with Gasteiger partial charge in [-0.25, -0.2) is 4.68 Å². The van der Waals surface area contributed by atoms with Crippen molar-refractivity contribution >= 4 is 17.2 Å². The van der Waals surface area contributed by atoms with Crippen molar-refractivity contribution in [3.63, 3.8) is 0 Å². The van der Waals surface area contributed by atoms with Crippen LogP contribution in [0.1, 0.15) is 57.5 Å². The quantitative estimate of drug-likeness (QED) is 0.775. The van der Waals surface area contributed by atoms with Gasteiger partial charge in [-0.1, -0.05) is 44.6 Å². The minimum atomic E-state index is 0.348. The summed E-state index contributed by atoms with van der Waals surface area (Å²) in [6.45, 7) is 6.45. The molecule has 90 valence electrons. The van der Waals surface area contributed by atoms with Crippen molar-refractivity contribution in [2.24, 2.45) is 5.73 Å². The predicted molar refractivity (Wildman–Crippen MR) is 69.5 cm³/mol.